The average molecular weight is 436 g/mol. The van der Waals surface area contributed by atoms with Crippen LogP contribution in [0, 0.1) is 18.7 Å². The number of amides is 1. The number of rotatable bonds is 4. The summed E-state index contributed by atoms with van der Waals surface area (Å²) in [6.07, 6.45) is 1.14. The Bertz CT molecular complexity index is 1240. The van der Waals surface area contributed by atoms with Gasteiger partial charge in [-0.2, -0.15) is 0 Å². The third kappa shape index (κ3) is 4.08. The number of aromatic nitrogens is 2. The molecule has 1 saturated heterocycles. The van der Waals surface area contributed by atoms with Gasteiger partial charge in [0, 0.05) is 31.7 Å². The van der Waals surface area contributed by atoms with Crippen molar-refractivity contribution in [1.82, 2.24) is 9.13 Å². The summed E-state index contributed by atoms with van der Waals surface area (Å²) in [5, 5.41) is 2.83. The third-order valence-corrected chi connectivity index (χ3v) is 5.97. The molecular weight excluding hydrogens is 411 g/mol. The van der Waals surface area contributed by atoms with Gasteiger partial charge in [0.1, 0.15) is 11.5 Å². The summed E-state index contributed by atoms with van der Waals surface area (Å²) >= 11 is 0. The highest BCUT2D eigenvalue weighted by Crippen LogP contribution is 2.25. The SMILES string of the molecule is Cc1c(N2CCC(C(=O)Nc3ccc(F)cc3)CC2)c(=O)n(C)c(=O)n1-c1ccccc1. The van der Waals surface area contributed by atoms with Crippen molar-refractivity contribution < 1.29 is 9.18 Å². The molecule has 1 aliphatic heterocycles. The number of piperidine rings is 1. The molecule has 0 saturated carbocycles. The van der Waals surface area contributed by atoms with Crippen LogP contribution in [-0.2, 0) is 11.8 Å². The minimum atomic E-state index is -0.393. The number of carbonyl (C=O) groups is 1. The molecule has 1 fully saturated rings. The minimum Gasteiger partial charge on any atom is -0.366 e. The maximum absolute atomic E-state index is 13.1. The van der Waals surface area contributed by atoms with Gasteiger partial charge in [0.05, 0.1) is 11.4 Å². The molecule has 1 N–H and O–H groups in total. The first-order chi connectivity index (χ1) is 15.4. The molecule has 1 aromatic heterocycles. The Morgan fingerprint density at radius 3 is 2.25 bits per heavy atom. The number of carbonyl (C=O) groups excluding carboxylic acids is 1. The van der Waals surface area contributed by atoms with Crippen LogP contribution >= 0.6 is 0 Å². The van der Waals surface area contributed by atoms with Gasteiger partial charge in [0.2, 0.25) is 5.91 Å². The van der Waals surface area contributed by atoms with Gasteiger partial charge < -0.3 is 10.2 Å². The second kappa shape index (κ2) is 8.82. The van der Waals surface area contributed by atoms with Crippen molar-refractivity contribution >= 4 is 17.3 Å². The van der Waals surface area contributed by atoms with Crippen molar-refractivity contribution in [2.24, 2.45) is 13.0 Å². The first-order valence-corrected chi connectivity index (χ1v) is 10.6. The monoisotopic (exact) mass is 436 g/mol. The van der Waals surface area contributed by atoms with E-state index in [1.807, 2.05) is 35.2 Å². The van der Waals surface area contributed by atoms with E-state index in [1.165, 1.54) is 31.3 Å². The topological polar surface area (TPSA) is 76.3 Å². The molecule has 0 spiro atoms. The summed E-state index contributed by atoms with van der Waals surface area (Å²) in [7, 11) is 1.48. The molecule has 0 radical (unpaired) electrons. The smallest absolute Gasteiger partial charge is 0.335 e. The van der Waals surface area contributed by atoms with Crippen molar-refractivity contribution in [3.8, 4) is 5.69 Å². The normalized spacial score (nSPS) is 14.4. The van der Waals surface area contributed by atoms with E-state index in [-0.39, 0.29) is 23.2 Å². The van der Waals surface area contributed by atoms with Gasteiger partial charge in [-0.3, -0.25) is 18.7 Å². The molecule has 2 heterocycles. The van der Waals surface area contributed by atoms with E-state index in [0.717, 1.165) is 4.57 Å². The lowest BCUT2D eigenvalue weighted by Crippen LogP contribution is -2.46. The number of para-hydroxylation sites is 1. The number of hydrogen-bond acceptors (Lipinski definition) is 4. The molecule has 32 heavy (non-hydrogen) atoms. The molecular formula is C24H25FN4O3. The van der Waals surface area contributed by atoms with E-state index in [0.29, 0.717) is 48.7 Å². The average Bonchev–Trinajstić information content (AvgIpc) is 2.80. The first kappa shape index (κ1) is 21.5. The van der Waals surface area contributed by atoms with Gasteiger partial charge in [-0.15, -0.1) is 0 Å². The van der Waals surface area contributed by atoms with Crippen molar-refractivity contribution in [2.75, 3.05) is 23.3 Å². The molecule has 2 aromatic carbocycles. The summed E-state index contributed by atoms with van der Waals surface area (Å²) in [5.41, 5.74) is 1.58. The van der Waals surface area contributed by atoms with Crippen LogP contribution < -0.4 is 21.5 Å². The summed E-state index contributed by atoms with van der Waals surface area (Å²) in [6.45, 7) is 2.81. The second-order valence-corrected chi connectivity index (χ2v) is 8.01. The standard InChI is InChI=1S/C24H25FN4O3/c1-16-21(23(31)27(2)24(32)29(16)20-6-4-3-5-7-20)28-14-12-17(13-15-28)22(30)26-19-10-8-18(25)9-11-19/h3-11,17H,12-15H2,1-2H3,(H,26,30). The predicted octanol–water partition coefficient (Wildman–Crippen LogP) is 2.84. The van der Waals surface area contributed by atoms with E-state index in [1.54, 1.807) is 11.5 Å². The van der Waals surface area contributed by atoms with Crippen molar-refractivity contribution in [3.05, 3.63) is 86.9 Å². The van der Waals surface area contributed by atoms with Crippen LogP contribution in [0.15, 0.2) is 64.2 Å². The fourth-order valence-electron chi connectivity index (χ4n) is 4.19. The summed E-state index contributed by atoms with van der Waals surface area (Å²) < 4.78 is 15.7. The Labute approximate surface area is 184 Å². The zero-order valence-electron chi connectivity index (χ0n) is 18.0. The Morgan fingerprint density at radius 1 is 1.00 bits per heavy atom. The molecule has 1 aliphatic rings. The molecule has 0 bridgehead atoms. The van der Waals surface area contributed by atoms with Crippen LogP contribution in [-0.4, -0.2) is 28.1 Å². The van der Waals surface area contributed by atoms with Gasteiger partial charge in [-0.1, -0.05) is 18.2 Å². The third-order valence-electron chi connectivity index (χ3n) is 5.97. The molecule has 0 unspecified atom stereocenters. The maximum Gasteiger partial charge on any atom is 0.335 e. The number of benzene rings is 2. The van der Waals surface area contributed by atoms with Crippen LogP contribution in [0.25, 0.3) is 5.69 Å². The Kier molecular flexibility index (Phi) is 5.94. The number of halogens is 1. The Hall–Kier alpha value is -3.68. The van der Waals surface area contributed by atoms with E-state index >= 15 is 0 Å². The lowest BCUT2D eigenvalue weighted by atomic mass is 9.95. The number of hydrogen-bond donors (Lipinski definition) is 1. The quantitative estimate of drug-likeness (QED) is 0.683. The second-order valence-electron chi connectivity index (χ2n) is 8.01. The molecule has 3 aromatic rings. The minimum absolute atomic E-state index is 0.116. The molecule has 0 aliphatic carbocycles. The molecule has 7 nitrogen and oxygen atoms in total. The molecule has 4 rings (SSSR count). The van der Waals surface area contributed by atoms with Gasteiger partial charge in [0.25, 0.3) is 5.56 Å². The van der Waals surface area contributed by atoms with Gasteiger partial charge in [0.15, 0.2) is 0 Å². The van der Waals surface area contributed by atoms with Crippen molar-refractivity contribution in [2.45, 2.75) is 19.8 Å². The van der Waals surface area contributed by atoms with Crippen LogP contribution in [0.5, 0.6) is 0 Å². The molecule has 8 heteroatoms. The van der Waals surface area contributed by atoms with Crippen LogP contribution in [0.3, 0.4) is 0 Å². The highest BCUT2D eigenvalue weighted by Gasteiger charge is 2.28. The molecule has 1 amide bonds. The summed E-state index contributed by atoms with van der Waals surface area (Å²) in [4.78, 5) is 40.4. The first-order valence-electron chi connectivity index (χ1n) is 10.6. The van der Waals surface area contributed by atoms with Crippen LogP contribution in [0.1, 0.15) is 18.5 Å². The van der Waals surface area contributed by atoms with Crippen molar-refractivity contribution in [3.63, 3.8) is 0 Å². The largest absolute Gasteiger partial charge is 0.366 e. The molecule has 0 atom stereocenters. The maximum atomic E-state index is 13.1. The van der Waals surface area contributed by atoms with E-state index in [2.05, 4.69) is 5.32 Å². The van der Waals surface area contributed by atoms with Gasteiger partial charge >= 0.3 is 5.69 Å². The fraction of sp³-hybridized carbons (Fsp3) is 0.292. The van der Waals surface area contributed by atoms with Crippen LogP contribution in [0.2, 0.25) is 0 Å². The number of anilines is 2. The van der Waals surface area contributed by atoms with Gasteiger partial charge in [-0.25, -0.2) is 9.18 Å². The van der Waals surface area contributed by atoms with Crippen molar-refractivity contribution in [1.29, 1.82) is 0 Å². The van der Waals surface area contributed by atoms with Crippen LogP contribution in [0.4, 0.5) is 15.8 Å². The van der Waals surface area contributed by atoms with Gasteiger partial charge in [-0.05, 0) is 56.2 Å². The number of nitrogens with zero attached hydrogens (tertiary/aromatic N) is 3. The zero-order valence-corrected chi connectivity index (χ0v) is 18.0. The summed E-state index contributed by atoms with van der Waals surface area (Å²) in [6, 6.07) is 14.9. The van der Waals surface area contributed by atoms with E-state index in [4.69, 9.17) is 0 Å². The molecule has 166 valence electrons. The van der Waals surface area contributed by atoms with E-state index < -0.39 is 5.69 Å². The zero-order chi connectivity index (χ0) is 22.8. The Balaban J connectivity index is 1.55. The highest BCUT2D eigenvalue weighted by atomic mass is 19.1. The number of nitrogens with one attached hydrogen (secondary N) is 1. The Morgan fingerprint density at radius 2 is 1.62 bits per heavy atom. The summed E-state index contributed by atoms with van der Waals surface area (Å²) in [5.74, 6) is -0.680. The fourth-order valence-corrected chi connectivity index (χ4v) is 4.19. The lowest BCUT2D eigenvalue weighted by molar-refractivity contribution is -0.120. The lowest BCUT2D eigenvalue weighted by Gasteiger charge is -2.34. The highest BCUT2D eigenvalue weighted by molar-refractivity contribution is 5.92. The van der Waals surface area contributed by atoms with E-state index in [9.17, 15) is 18.8 Å². The predicted molar refractivity (Wildman–Crippen MR) is 122 cm³/mol.